The molecule has 0 bridgehead atoms. The largest absolute Gasteiger partial charge is 0.350 e. The minimum absolute atomic E-state index is 0.0464. The molecule has 1 amide bonds. The number of quaternary nitrogens is 1. The molecule has 1 N–H and O–H groups in total. The Kier molecular flexibility index (Phi) is 9.00. The summed E-state index contributed by atoms with van der Waals surface area (Å²) in [5, 5.41) is 2.88. The van der Waals surface area contributed by atoms with Crippen molar-refractivity contribution in [3.8, 4) is 0 Å². The molecule has 0 atom stereocenters. The van der Waals surface area contributed by atoms with Gasteiger partial charge in [-0.1, -0.05) is 6.92 Å². The summed E-state index contributed by atoms with van der Waals surface area (Å²) < 4.78 is 27.9. The van der Waals surface area contributed by atoms with E-state index in [0.29, 0.717) is 19.4 Å². The average molecular weight is 309 g/mol. The van der Waals surface area contributed by atoms with Crippen molar-refractivity contribution < 1.29 is 21.9 Å². The van der Waals surface area contributed by atoms with Gasteiger partial charge in [0.05, 0.1) is 45.6 Å². The molecule has 0 aromatic rings. The zero-order valence-electron chi connectivity index (χ0n) is 13.1. The fourth-order valence-corrected chi connectivity index (χ4v) is 2.83. The lowest BCUT2D eigenvalue weighted by atomic mass is 10.3. The Labute approximate surface area is 123 Å². The van der Waals surface area contributed by atoms with Crippen LogP contribution >= 0.6 is 0 Å². The predicted octanol–water partition coefficient (Wildman–Crippen LogP) is 0.736. The van der Waals surface area contributed by atoms with Crippen LogP contribution in [0.5, 0.6) is 0 Å². The summed E-state index contributed by atoms with van der Waals surface area (Å²) in [7, 11) is -2.18. The maximum absolute atomic E-state index is 11.3. The van der Waals surface area contributed by atoms with Crippen LogP contribution in [-0.2, 0) is 19.1 Å². The first kappa shape index (κ1) is 19.3. The van der Waals surface area contributed by atoms with Gasteiger partial charge in [-0.3, -0.25) is 8.98 Å². The molecule has 6 nitrogen and oxygen atoms in total. The molecule has 0 aromatic heterocycles. The molecule has 20 heavy (non-hydrogen) atoms. The second-order valence-electron chi connectivity index (χ2n) is 4.91. The standard InChI is InChI=1S/C13H28N2O4S/c1-5-13(16)14-9-11-15(6-2,7-3)10-8-12-20(17,18)19-4/h5-12H2,1-4H3/p+1. The van der Waals surface area contributed by atoms with Gasteiger partial charge < -0.3 is 9.80 Å². The number of carbonyl (C=O) groups excluding carboxylic acids is 1. The normalized spacial score (nSPS) is 12.4. The first-order chi connectivity index (χ1) is 9.34. The van der Waals surface area contributed by atoms with E-state index in [4.69, 9.17) is 0 Å². The van der Waals surface area contributed by atoms with E-state index < -0.39 is 10.1 Å². The Bertz CT molecular complexity index is 378. The van der Waals surface area contributed by atoms with E-state index in [1.54, 1.807) is 0 Å². The van der Waals surface area contributed by atoms with Gasteiger partial charge in [0.15, 0.2) is 0 Å². The highest BCUT2D eigenvalue weighted by atomic mass is 32.2. The lowest BCUT2D eigenvalue weighted by Gasteiger charge is -2.37. The minimum Gasteiger partial charge on any atom is -0.350 e. The van der Waals surface area contributed by atoms with E-state index in [0.717, 1.165) is 30.7 Å². The molecular weight excluding hydrogens is 280 g/mol. The van der Waals surface area contributed by atoms with Gasteiger partial charge in [0.25, 0.3) is 10.1 Å². The van der Waals surface area contributed by atoms with Crippen molar-refractivity contribution in [2.24, 2.45) is 0 Å². The molecule has 0 aliphatic rings. The summed E-state index contributed by atoms with van der Waals surface area (Å²) in [6.07, 6.45) is 1.06. The van der Waals surface area contributed by atoms with Gasteiger partial charge in [0.1, 0.15) is 0 Å². The van der Waals surface area contributed by atoms with Crippen LogP contribution in [0.25, 0.3) is 0 Å². The van der Waals surface area contributed by atoms with Crippen LogP contribution in [0.2, 0.25) is 0 Å². The van der Waals surface area contributed by atoms with Crippen LogP contribution in [0.4, 0.5) is 0 Å². The quantitative estimate of drug-likeness (QED) is 0.451. The summed E-state index contributed by atoms with van der Waals surface area (Å²) in [6.45, 7) is 10.1. The van der Waals surface area contributed by atoms with Gasteiger partial charge in [-0.05, 0) is 13.8 Å². The van der Waals surface area contributed by atoms with Crippen LogP contribution in [0.15, 0.2) is 0 Å². The maximum Gasteiger partial charge on any atom is 0.267 e. The number of nitrogens with zero attached hydrogens (tertiary/aromatic N) is 1. The number of nitrogens with one attached hydrogen (secondary N) is 1. The first-order valence-electron chi connectivity index (χ1n) is 7.24. The molecule has 0 saturated carbocycles. The summed E-state index contributed by atoms with van der Waals surface area (Å²) in [4.78, 5) is 11.2. The SMILES string of the molecule is CCC(=O)NCC[N+](CC)(CC)CCCS(=O)(=O)OC. The van der Waals surface area contributed by atoms with Crippen LogP contribution in [0.1, 0.15) is 33.6 Å². The lowest BCUT2D eigenvalue weighted by molar-refractivity contribution is -0.923. The second-order valence-corrected chi connectivity index (χ2v) is 6.76. The number of carbonyl (C=O) groups is 1. The molecule has 0 rings (SSSR count). The highest BCUT2D eigenvalue weighted by Gasteiger charge is 2.23. The highest BCUT2D eigenvalue weighted by molar-refractivity contribution is 7.86. The van der Waals surface area contributed by atoms with E-state index in [1.807, 2.05) is 6.92 Å². The predicted molar refractivity (Wildman–Crippen MR) is 79.8 cm³/mol. The van der Waals surface area contributed by atoms with Crippen molar-refractivity contribution >= 4 is 16.0 Å². The molecule has 0 saturated heterocycles. The zero-order chi connectivity index (χ0) is 15.6. The number of likely N-dealkylation sites (N-methyl/N-ethyl adjacent to an activating group) is 1. The lowest BCUT2D eigenvalue weighted by Crippen LogP contribution is -2.52. The first-order valence-corrected chi connectivity index (χ1v) is 8.82. The van der Waals surface area contributed by atoms with Gasteiger partial charge >= 0.3 is 0 Å². The van der Waals surface area contributed by atoms with Crippen molar-refractivity contribution in [2.75, 3.05) is 45.6 Å². The Morgan fingerprint density at radius 3 is 2.20 bits per heavy atom. The Hall–Kier alpha value is -0.660. The molecule has 0 heterocycles. The van der Waals surface area contributed by atoms with Crippen molar-refractivity contribution in [1.82, 2.24) is 5.32 Å². The molecule has 7 heteroatoms. The maximum atomic E-state index is 11.3. The van der Waals surface area contributed by atoms with E-state index in [-0.39, 0.29) is 11.7 Å². The number of rotatable bonds is 11. The number of hydrogen-bond acceptors (Lipinski definition) is 4. The summed E-state index contributed by atoms with van der Waals surface area (Å²) >= 11 is 0. The summed E-state index contributed by atoms with van der Waals surface area (Å²) in [6, 6.07) is 0. The van der Waals surface area contributed by atoms with Crippen LogP contribution < -0.4 is 5.32 Å². The van der Waals surface area contributed by atoms with Crippen LogP contribution in [-0.4, -0.2) is 64.4 Å². The fraction of sp³-hybridized carbons (Fsp3) is 0.923. The molecule has 0 fully saturated rings. The zero-order valence-corrected chi connectivity index (χ0v) is 14.0. The number of hydrogen-bond donors (Lipinski definition) is 1. The van der Waals surface area contributed by atoms with E-state index in [1.165, 1.54) is 7.11 Å². The third-order valence-electron chi connectivity index (χ3n) is 3.85. The molecule has 0 spiro atoms. The van der Waals surface area contributed by atoms with Gasteiger partial charge in [-0.2, -0.15) is 8.42 Å². The molecule has 0 radical (unpaired) electrons. The molecule has 0 aromatic carbocycles. The smallest absolute Gasteiger partial charge is 0.267 e. The van der Waals surface area contributed by atoms with E-state index in [9.17, 15) is 13.2 Å². The summed E-state index contributed by atoms with van der Waals surface area (Å²) in [5.41, 5.74) is 0. The summed E-state index contributed by atoms with van der Waals surface area (Å²) in [5.74, 6) is 0.0995. The Morgan fingerprint density at radius 2 is 1.75 bits per heavy atom. The van der Waals surface area contributed by atoms with E-state index in [2.05, 4.69) is 23.3 Å². The van der Waals surface area contributed by atoms with Crippen molar-refractivity contribution in [2.45, 2.75) is 33.6 Å². The van der Waals surface area contributed by atoms with Crippen molar-refractivity contribution in [3.05, 3.63) is 0 Å². The molecule has 120 valence electrons. The number of amides is 1. The highest BCUT2D eigenvalue weighted by Crippen LogP contribution is 2.08. The Morgan fingerprint density at radius 1 is 1.15 bits per heavy atom. The minimum atomic E-state index is -3.38. The van der Waals surface area contributed by atoms with Gasteiger partial charge in [0.2, 0.25) is 5.91 Å². The van der Waals surface area contributed by atoms with Crippen LogP contribution in [0, 0.1) is 0 Å². The van der Waals surface area contributed by atoms with Gasteiger partial charge in [-0.15, -0.1) is 0 Å². The average Bonchev–Trinajstić information content (AvgIpc) is 2.45. The molecule has 0 aliphatic heterocycles. The third kappa shape index (κ3) is 7.21. The van der Waals surface area contributed by atoms with Gasteiger partial charge in [0, 0.05) is 12.8 Å². The Balaban J connectivity index is 4.34. The topological polar surface area (TPSA) is 72.5 Å². The molecule has 0 unspecified atom stereocenters. The third-order valence-corrected chi connectivity index (χ3v) is 5.15. The molecule has 0 aliphatic carbocycles. The monoisotopic (exact) mass is 309 g/mol. The van der Waals surface area contributed by atoms with E-state index >= 15 is 0 Å². The molecular formula is C13H29N2O4S+. The van der Waals surface area contributed by atoms with Gasteiger partial charge in [-0.25, -0.2) is 0 Å². The van der Waals surface area contributed by atoms with Crippen molar-refractivity contribution in [3.63, 3.8) is 0 Å². The van der Waals surface area contributed by atoms with Crippen molar-refractivity contribution in [1.29, 1.82) is 0 Å². The van der Waals surface area contributed by atoms with Crippen LogP contribution in [0.3, 0.4) is 0 Å². The fourth-order valence-electron chi connectivity index (χ4n) is 2.19. The second kappa shape index (κ2) is 9.31.